The number of pyridine rings is 1. The van der Waals surface area contributed by atoms with Crippen molar-refractivity contribution in [2.75, 3.05) is 0 Å². The minimum atomic E-state index is 0.617. The number of rotatable bonds is 4. The van der Waals surface area contributed by atoms with Crippen LogP contribution in [0.15, 0.2) is 42.7 Å². The van der Waals surface area contributed by atoms with Crippen molar-refractivity contribution in [2.45, 2.75) is 25.4 Å². The quantitative estimate of drug-likeness (QED) is 0.803. The predicted octanol–water partition coefficient (Wildman–Crippen LogP) is 3.33. The van der Waals surface area contributed by atoms with Gasteiger partial charge in [-0.25, -0.2) is 9.67 Å². The summed E-state index contributed by atoms with van der Waals surface area (Å²) in [5, 5.41) is 9.59. The second-order valence-corrected chi connectivity index (χ2v) is 5.86. The molecule has 0 bridgehead atoms. The van der Waals surface area contributed by atoms with Crippen LogP contribution < -0.4 is 5.32 Å². The molecule has 1 aliphatic carbocycles. The molecule has 2 aromatic heterocycles. The van der Waals surface area contributed by atoms with Crippen molar-refractivity contribution in [3.05, 3.63) is 53.3 Å². The Hall–Kier alpha value is -1.91. The van der Waals surface area contributed by atoms with Crippen molar-refractivity contribution in [3.8, 4) is 5.82 Å². The Morgan fingerprint density at radius 2 is 2.14 bits per heavy atom. The second-order valence-electron chi connectivity index (χ2n) is 5.42. The number of benzene rings is 1. The maximum absolute atomic E-state index is 5.99. The van der Waals surface area contributed by atoms with Crippen molar-refractivity contribution >= 4 is 22.5 Å². The molecule has 0 aliphatic heterocycles. The number of hydrogen-bond acceptors (Lipinski definition) is 3. The highest BCUT2D eigenvalue weighted by molar-refractivity contribution is 6.30. The molecule has 0 unspecified atom stereocenters. The van der Waals surface area contributed by atoms with Gasteiger partial charge in [0, 0.05) is 23.5 Å². The van der Waals surface area contributed by atoms with Gasteiger partial charge in [0.1, 0.15) is 0 Å². The van der Waals surface area contributed by atoms with Gasteiger partial charge >= 0.3 is 0 Å². The monoisotopic (exact) mass is 298 g/mol. The number of halogens is 1. The van der Waals surface area contributed by atoms with Crippen LogP contribution in [-0.4, -0.2) is 20.8 Å². The highest BCUT2D eigenvalue weighted by Gasteiger charge is 2.21. The molecule has 106 valence electrons. The van der Waals surface area contributed by atoms with Crippen LogP contribution in [0.1, 0.15) is 18.4 Å². The number of aromatic nitrogens is 3. The average Bonchev–Trinajstić information content (AvgIpc) is 3.24. The Morgan fingerprint density at radius 3 is 2.90 bits per heavy atom. The lowest BCUT2D eigenvalue weighted by Crippen LogP contribution is -2.17. The molecule has 1 fully saturated rings. The van der Waals surface area contributed by atoms with Gasteiger partial charge in [-0.1, -0.05) is 29.8 Å². The number of para-hydroxylation sites is 1. The van der Waals surface area contributed by atoms with Crippen LogP contribution in [0.25, 0.3) is 16.7 Å². The lowest BCUT2D eigenvalue weighted by Gasteiger charge is -2.11. The lowest BCUT2D eigenvalue weighted by molar-refractivity contribution is 0.678. The molecular formula is C16H15ClN4. The Kier molecular flexibility index (Phi) is 3.13. The highest BCUT2D eigenvalue weighted by atomic mass is 35.5. The summed E-state index contributed by atoms with van der Waals surface area (Å²) in [7, 11) is 0. The van der Waals surface area contributed by atoms with Gasteiger partial charge in [0.25, 0.3) is 0 Å². The van der Waals surface area contributed by atoms with Crippen LogP contribution in [0.2, 0.25) is 5.02 Å². The second kappa shape index (κ2) is 5.13. The first-order valence-electron chi connectivity index (χ1n) is 7.12. The van der Waals surface area contributed by atoms with E-state index in [2.05, 4.69) is 22.5 Å². The zero-order valence-corrected chi connectivity index (χ0v) is 12.2. The number of hydrogen-bond donors (Lipinski definition) is 1. The zero-order valence-electron chi connectivity index (χ0n) is 11.5. The molecule has 0 spiro atoms. The smallest absolute Gasteiger partial charge is 0.158 e. The summed E-state index contributed by atoms with van der Waals surface area (Å²) in [6.07, 6.45) is 5.96. The van der Waals surface area contributed by atoms with E-state index < -0.39 is 0 Å². The molecule has 5 heteroatoms. The van der Waals surface area contributed by atoms with E-state index in [4.69, 9.17) is 16.6 Å². The van der Waals surface area contributed by atoms with Crippen LogP contribution in [0, 0.1) is 0 Å². The fraction of sp³-hybridized carbons (Fsp3) is 0.250. The molecule has 4 rings (SSSR count). The van der Waals surface area contributed by atoms with Gasteiger partial charge in [-0.05, 0) is 25.0 Å². The molecule has 2 heterocycles. The Bertz CT molecular complexity index is 792. The van der Waals surface area contributed by atoms with Crippen molar-refractivity contribution < 1.29 is 0 Å². The molecule has 0 radical (unpaired) electrons. The molecule has 1 aromatic carbocycles. The minimum Gasteiger partial charge on any atom is -0.310 e. The van der Waals surface area contributed by atoms with Gasteiger partial charge in [0.2, 0.25) is 0 Å². The first-order valence-corrected chi connectivity index (χ1v) is 7.50. The molecule has 0 amide bonds. The molecule has 1 saturated carbocycles. The third kappa shape index (κ3) is 2.64. The Balaban J connectivity index is 1.81. The van der Waals surface area contributed by atoms with Crippen molar-refractivity contribution in [1.82, 2.24) is 20.1 Å². The first-order chi connectivity index (χ1) is 10.3. The molecule has 0 saturated heterocycles. The maximum Gasteiger partial charge on any atom is 0.158 e. The summed E-state index contributed by atoms with van der Waals surface area (Å²) in [6.45, 7) is 0.801. The first kappa shape index (κ1) is 12.8. The van der Waals surface area contributed by atoms with Crippen molar-refractivity contribution in [2.24, 2.45) is 0 Å². The predicted molar refractivity (Wildman–Crippen MR) is 83.7 cm³/mol. The third-order valence-corrected chi connectivity index (χ3v) is 3.90. The summed E-state index contributed by atoms with van der Waals surface area (Å²) < 4.78 is 1.75. The van der Waals surface area contributed by atoms with E-state index in [-0.39, 0.29) is 0 Å². The van der Waals surface area contributed by atoms with E-state index in [1.807, 2.05) is 18.2 Å². The summed E-state index contributed by atoms with van der Waals surface area (Å²) in [4.78, 5) is 4.76. The van der Waals surface area contributed by atoms with Crippen molar-refractivity contribution in [1.29, 1.82) is 0 Å². The lowest BCUT2D eigenvalue weighted by atomic mass is 10.1. The van der Waals surface area contributed by atoms with Crippen molar-refractivity contribution in [3.63, 3.8) is 0 Å². The van der Waals surface area contributed by atoms with Gasteiger partial charge in [0.05, 0.1) is 22.9 Å². The largest absolute Gasteiger partial charge is 0.310 e. The van der Waals surface area contributed by atoms with Gasteiger partial charge in [-0.3, -0.25) is 0 Å². The van der Waals surface area contributed by atoms with Crippen LogP contribution in [0.4, 0.5) is 0 Å². The van der Waals surface area contributed by atoms with Crippen LogP contribution >= 0.6 is 11.6 Å². The van der Waals surface area contributed by atoms with Crippen LogP contribution in [-0.2, 0) is 6.54 Å². The molecule has 0 atom stereocenters. The van der Waals surface area contributed by atoms with E-state index in [0.717, 1.165) is 28.8 Å². The fourth-order valence-corrected chi connectivity index (χ4v) is 2.57. The van der Waals surface area contributed by atoms with E-state index in [9.17, 15) is 0 Å². The molecule has 4 nitrogen and oxygen atoms in total. The van der Waals surface area contributed by atoms with E-state index in [0.29, 0.717) is 11.1 Å². The minimum absolute atomic E-state index is 0.617. The maximum atomic E-state index is 5.99. The van der Waals surface area contributed by atoms with Crippen LogP contribution in [0.5, 0.6) is 0 Å². The number of nitrogens with one attached hydrogen (secondary N) is 1. The van der Waals surface area contributed by atoms with E-state index in [1.165, 1.54) is 12.8 Å². The summed E-state index contributed by atoms with van der Waals surface area (Å²) in [5.41, 5.74) is 2.11. The summed E-state index contributed by atoms with van der Waals surface area (Å²) in [5.74, 6) is 0.841. The summed E-state index contributed by atoms with van der Waals surface area (Å²) >= 11 is 5.99. The Morgan fingerprint density at radius 1 is 1.29 bits per heavy atom. The molecular weight excluding hydrogens is 284 g/mol. The third-order valence-electron chi connectivity index (χ3n) is 3.71. The van der Waals surface area contributed by atoms with Gasteiger partial charge in [0.15, 0.2) is 5.82 Å². The summed E-state index contributed by atoms with van der Waals surface area (Å²) in [6, 6.07) is 11.0. The van der Waals surface area contributed by atoms with E-state index >= 15 is 0 Å². The highest BCUT2D eigenvalue weighted by Crippen LogP contribution is 2.23. The van der Waals surface area contributed by atoms with Gasteiger partial charge < -0.3 is 5.32 Å². The van der Waals surface area contributed by atoms with E-state index in [1.54, 1.807) is 17.1 Å². The topological polar surface area (TPSA) is 42.7 Å². The molecule has 3 aromatic rings. The average molecular weight is 299 g/mol. The van der Waals surface area contributed by atoms with Gasteiger partial charge in [-0.15, -0.1) is 0 Å². The number of nitrogens with zero attached hydrogens (tertiary/aromatic N) is 3. The standard InChI is InChI=1S/C16H15ClN4/c17-13-9-19-21(10-13)16-12(8-18-14-5-6-14)7-11-3-1-2-4-15(11)20-16/h1-4,7,9-10,14,18H,5-6,8H2. The molecule has 1 N–H and O–H groups in total. The van der Waals surface area contributed by atoms with Gasteiger partial charge in [-0.2, -0.15) is 5.10 Å². The fourth-order valence-electron chi connectivity index (χ4n) is 2.44. The zero-order chi connectivity index (χ0) is 14.2. The molecule has 21 heavy (non-hydrogen) atoms. The van der Waals surface area contributed by atoms with Crippen LogP contribution in [0.3, 0.4) is 0 Å². The SMILES string of the molecule is Clc1cnn(-c2nc3ccccc3cc2CNC2CC2)c1. The number of fused-ring (bicyclic) bond motifs is 1. The normalized spacial score (nSPS) is 14.7. The molecule has 1 aliphatic rings. The Labute approximate surface area is 127 Å².